The Balaban J connectivity index is 3.68. The fourth-order valence-corrected chi connectivity index (χ4v) is 5.53. The van der Waals surface area contributed by atoms with Crippen LogP contribution < -0.4 is 0 Å². The minimum atomic E-state index is -2.39. The molecule has 3 nitrogen and oxygen atoms in total. The van der Waals surface area contributed by atoms with Crippen LogP contribution in [0.15, 0.2) is 0 Å². The van der Waals surface area contributed by atoms with E-state index in [0.29, 0.717) is 0 Å². The van der Waals surface area contributed by atoms with Crippen LogP contribution in [0.4, 0.5) is 0 Å². The second-order valence-electron chi connectivity index (χ2n) is 2.97. The van der Waals surface area contributed by atoms with Gasteiger partial charge >= 0.3 is 8.56 Å². The van der Waals surface area contributed by atoms with Gasteiger partial charge in [0.05, 0.1) is 0 Å². The summed E-state index contributed by atoms with van der Waals surface area (Å²) in [6.07, 6.45) is 0.939. The SMILES string of the molecule is CO[Si](C)(CCCSP(O)(=S)S)OC. The zero-order valence-electron chi connectivity index (χ0n) is 8.60. The smallest absolute Gasteiger partial charge is 0.334 e. The first-order chi connectivity index (χ1) is 6.33. The van der Waals surface area contributed by atoms with Gasteiger partial charge in [0.2, 0.25) is 0 Å². The van der Waals surface area contributed by atoms with Crippen LogP contribution in [0.5, 0.6) is 0 Å². The molecule has 0 aliphatic heterocycles. The third-order valence-electron chi connectivity index (χ3n) is 1.90. The van der Waals surface area contributed by atoms with E-state index < -0.39 is 13.2 Å². The van der Waals surface area contributed by atoms with Crippen LogP contribution >= 0.6 is 28.3 Å². The van der Waals surface area contributed by atoms with Crippen molar-refractivity contribution in [2.45, 2.75) is 19.0 Å². The molecule has 0 spiro atoms. The van der Waals surface area contributed by atoms with Crippen molar-refractivity contribution in [1.82, 2.24) is 0 Å². The lowest BCUT2D eigenvalue weighted by molar-refractivity contribution is 0.249. The Morgan fingerprint density at radius 2 is 2.00 bits per heavy atom. The maximum Gasteiger partial charge on any atom is 0.334 e. The lowest BCUT2D eigenvalue weighted by Crippen LogP contribution is -2.35. The van der Waals surface area contributed by atoms with Gasteiger partial charge in [-0.05, 0) is 30.8 Å². The molecular formula is C6H17O3PS3Si. The minimum Gasteiger partial charge on any atom is -0.398 e. The second kappa shape index (κ2) is 6.91. The molecule has 0 aromatic heterocycles. The summed E-state index contributed by atoms with van der Waals surface area (Å²) in [6, 6.07) is 0.913. The zero-order valence-corrected chi connectivity index (χ0v) is 13.0. The molecule has 0 aromatic carbocycles. The maximum absolute atomic E-state index is 9.26. The highest BCUT2D eigenvalue weighted by molar-refractivity contribution is 8.94. The highest BCUT2D eigenvalue weighted by atomic mass is 33.2. The standard InChI is InChI=1S/C6H17O3PS3Si/c1-8-14(3,9-2)6-4-5-13-10(7,11)12/h4-6H2,1-3H3,(H2,7,11,12). The molecule has 86 valence electrons. The van der Waals surface area contributed by atoms with Crippen LogP contribution in [-0.2, 0) is 20.7 Å². The summed E-state index contributed by atoms with van der Waals surface area (Å²) in [5.41, 5.74) is 0. The number of thiol groups is 1. The Bertz CT molecular complexity index is 206. The van der Waals surface area contributed by atoms with Gasteiger partial charge in [0.1, 0.15) is 0 Å². The molecule has 8 heteroatoms. The molecule has 0 radical (unpaired) electrons. The van der Waals surface area contributed by atoms with Gasteiger partial charge in [-0.2, -0.15) is 0 Å². The van der Waals surface area contributed by atoms with Crippen molar-refractivity contribution in [3.63, 3.8) is 0 Å². The molecule has 0 heterocycles. The Morgan fingerprint density at radius 1 is 1.50 bits per heavy atom. The zero-order chi connectivity index (χ0) is 11.2. The lowest BCUT2D eigenvalue weighted by Gasteiger charge is -2.22. The van der Waals surface area contributed by atoms with Gasteiger partial charge in [-0.3, -0.25) is 0 Å². The normalized spacial score (nSPS) is 16.6. The molecule has 0 rings (SSSR count). The van der Waals surface area contributed by atoms with E-state index >= 15 is 0 Å². The summed E-state index contributed by atoms with van der Waals surface area (Å²) in [5.74, 6) is 0.812. The van der Waals surface area contributed by atoms with Gasteiger partial charge in [0.25, 0.3) is 0 Å². The number of rotatable bonds is 7. The Morgan fingerprint density at radius 3 is 2.36 bits per heavy atom. The van der Waals surface area contributed by atoms with E-state index in [-0.39, 0.29) is 0 Å². The summed E-state index contributed by atoms with van der Waals surface area (Å²) in [4.78, 5) is 9.26. The summed E-state index contributed by atoms with van der Waals surface area (Å²) in [7, 11) is 1.42. The van der Waals surface area contributed by atoms with Gasteiger partial charge in [0.15, 0.2) is 4.67 Å². The van der Waals surface area contributed by atoms with Crippen LogP contribution in [-0.4, -0.2) is 33.4 Å². The predicted molar refractivity (Wildman–Crippen MR) is 73.0 cm³/mol. The highest BCUT2D eigenvalue weighted by Gasteiger charge is 2.27. The summed E-state index contributed by atoms with van der Waals surface area (Å²) < 4.78 is 8.27. The van der Waals surface area contributed by atoms with Crippen molar-refractivity contribution in [2.75, 3.05) is 20.0 Å². The van der Waals surface area contributed by atoms with Crippen molar-refractivity contribution >= 4 is 48.7 Å². The lowest BCUT2D eigenvalue weighted by atomic mass is 10.6. The molecular weight excluding hydrogens is 275 g/mol. The Kier molecular flexibility index (Phi) is 7.62. The fraction of sp³-hybridized carbons (Fsp3) is 1.00. The minimum absolute atomic E-state index is 0.812. The molecule has 14 heavy (non-hydrogen) atoms. The van der Waals surface area contributed by atoms with Crippen molar-refractivity contribution in [2.24, 2.45) is 0 Å². The van der Waals surface area contributed by atoms with Gasteiger partial charge in [0, 0.05) is 20.0 Å². The summed E-state index contributed by atoms with van der Waals surface area (Å²) in [6.45, 7) is 2.02. The van der Waals surface area contributed by atoms with E-state index in [4.69, 9.17) is 20.7 Å². The molecule has 1 N–H and O–H groups in total. The second-order valence-corrected chi connectivity index (χ2v) is 16.2. The maximum atomic E-state index is 9.26. The molecule has 1 atom stereocenters. The van der Waals surface area contributed by atoms with E-state index in [1.807, 2.05) is 6.55 Å². The van der Waals surface area contributed by atoms with Crippen molar-refractivity contribution in [1.29, 1.82) is 0 Å². The molecule has 0 saturated heterocycles. The molecule has 0 aromatic rings. The molecule has 0 aliphatic rings. The van der Waals surface area contributed by atoms with Crippen LogP contribution in [0.1, 0.15) is 6.42 Å². The fourth-order valence-electron chi connectivity index (χ4n) is 0.864. The van der Waals surface area contributed by atoms with Crippen LogP contribution in [0, 0.1) is 0 Å². The topological polar surface area (TPSA) is 38.7 Å². The van der Waals surface area contributed by atoms with E-state index in [0.717, 1.165) is 18.2 Å². The number of hydrogen-bond acceptors (Lipinski definition) is 4. The van der Waals surface area contributed by atoms with Crippen LogP contribution in [0.3, 0.4) is 0 Å². The summed E-state index contributed by atoms with van der Waals surface area (Å²) in [5, 5.41) is 0. The van der Waals surface area contributed by atoms with E-state index in [9.17, 15) is 4.89 Å². The number of hydrogen-bond donors (Lipinski definition) is 2. The van der Waals surface area contributed by atoms with Crippen LogP contribution in [0.25, 0.3) is 0 Å². The van der Waals surface area contributed by atoms with Gasteiger partial charge in [-0.15, -0.1) is 12.2 Å². The van der Waals surface area contributed by atoms with Gasteiger partial charge in [-0.1, -0.05) is 11.4 Å². The molecule has 0 amide bonds. The molecule has 1 unspecified atom stereocenters. The van der Waals surface area contributed by atoms with Crippen molar-refractivity contribution < 1.29 is 13.7 Å². The Hall–Kier alpha value is 1.45. The highest BCUT2D eigenvalue weighted by Crippen LogP contribution is 2.59. The predicted octanol–water partition coefficient (Wildman–Crippen LogP) is 2.62. The molecule has 0 bridgehead atoms. The van der Waals surface area contributed by atoms with E-state index in [1.54, 1.807) is 14.2 Å². The average Bonchev–Trinajstić information content (AvgIpc) is 2.11. The first-order valence-electron chi connectivity index (χ1n) is 4.13. The monoisotopic (exact) mass is 292 g/mol. The van der Waals surface area contributed by atoms with Crippen LogP contribution in [0.2, 0.25) is 12.6 Å². The molecule has 0 saturated carbocycles. The van der Waals surface area contributed by atoms with Crippen molar-refractivity contribution in [3.8, 4) is 0 Å². The quantitative estimate of drug-likeness (QED) is 0.327. The molecule has 0 aliphatic carbocycles. The first-order valence-corrected chi connectivity index (χ1v) is 12.2. The third-order valence-corrected chi connectivity index (χ3v) is 9.24. The van der Waals surface area contributed by atoms with Gasteiger partial charge < -0.3 is 13.7 Å². The summed E-state index contributed by atoms with van der Waals surface area (Å²) >= 11 is 10.1. The van der Waals surface area contributed by atoms with E-state index in [1.165, 1.54) is 11.4 Å². The van der Waals surface area contributed by atoms with Crippen molar-refractivity contribution in [3.05, 3.63) is 0 Å². The first kappa shape index (κ1) is 15.4. The Labute approximate surface area is 101 Å². The molecule has 0 fully saturated rings. The van der Waals surface area contributed by atoms with Gasteiger partial charge in [-0.25, -0.2) is 0 Å². The third kappa shape index (κ3) is 7.70. The van der Waals surface area contributed by atoms with E-state index in [2.05, 4.69) is 12.2 Å². The average molecular weight is 292 g/mol. The largest absolute Gasteiger partial charge is 0.398 e.